The molecule has 1 saturated heterocycles. The van der Waals surface area contributed by atoms with Crippen LogP contribution < -0.4 is 15.8 Å². The second kappa shape index (κ2) is 10.1. The Morgan fingerprint density at radius 1 is 1.27 bits per heavy atom. The van der Waals surface area contributed by atoms with E-state index in [0.29, 0.717) is 13.0 Å². The van der Waals surface area contributed by atoms with Gasteiger partial charge in [-0.1, -0.05) is 18.6 Å². The molecule has 1 aliphatic heterocycles. The quantitative estimate of drug-likeness (QED) is 0.694. The number of carbonyl (C=O) groups excluding carboxylic acids is 2. The van der Waals surface area contributed by atoms with Crippen LogP contribution in [-0.2, 0) is 16.0 Å². The maximum atomic E-state index is 12.1. The minimum Gasteiger partial charge on any atom is -0.435 e. The summed E-state index contributed by atoms with van der Waals surface area (Å²) in [7, 11) is 0. The third kappa shape index (κ3) is 6.95. The van der Waals surface area contributed by atoms with Gasteiger partial charge in [0.1, 0.15) is 5.75 Å². The number of ether oxygens (including phenoxy) is 1. The summed E-state index contributed by atoms with van der Waals surface area (Å²) in [6, 6.07) is 6.38. The van der Waals surface area contributed by atoms with Crippen molar-refractivity contribution in [1.82, 2.24) is 10.2 Å². The molecule has 1 aromatic carbocycles. The molecule has 1 aromatic rings. The van der Waals surface area contributed by atoms with E-state index < -0.39 is 6.61 Å². The number of hydrogen-bond acceptors (Lipinski definition) is 4. The van der Waals surface area contributed by atoms with Crippen molar-refractivity contribution in [3.05, 3.63) is 29.8 Å². The van der Waals surface area contributed by atoms with E-state index in [4.69, 9.17) is 5.73 Å². The van der Waals surface area contributed by atoms with Crippen molar-refractivity contribution in [2.24, 2.45) is 5.73 Å². The largest absolute Gasteiger partial charge is 0.435 e. The highest BCUT2D eigenvalue weighted by atomic mass is 19.3. The minimum atomic E-state index is -2.84. The average molecular weight is 369 g/mol. The number of piperidine rings is 1. The third-order valence-electron chi connectivity index (χ3n) is 4.42. The molecule has 1 atom stereocenters. The van der Waals surface area contributed by atoms with Crippen LogP contribution in [0, 0.1) is 0 Å². The Labute approximate surface area is 151 Å². The van der Waals surface area contributed by atoms with Gasteiger partial charge in [0.2, 0.25) is 11.8 Å². The highest BCUT2D eigenvalue weighted by Gasteiger charge is 2.25. The highest BCUT2D eigenvalue weighted by Crippen LogP contribution is 2.19. The van der Waals surface area contributed by atoms with E-state index in [1.807, 2.05) is 4.90 Å². The second-order valence-electron chi connectivity index (χ2n) is 6.41. The van der Waals surface area contributed by atoms with Crippen LogP contribution in [0.2, 0.25) is 0 Å². The highest BCUT2D eigenvalue weighted by molar-refractivity contribution is 5.78. The first-order chi connectivity index (χ1) is 12.4. The molecule has 8 heteroatoms. The number of benzene rings is 1. The lowest BCUT2D eigenvalue weighted by Gasteiger charge is -2.34. The SMILES string of the molecule is NC(=O)CC1CCCCN1CC(=O)NCCc1ccc(OC(F)F)cc1. The van der Waals surface area contributed by atoms with Gasteiger partial charge in [-0.15, -0.1) is 0 Å². The molecule has 3 N–H and O–H groups in total. The molecule has 1 heterocycles. The second-order valence-corrected chi connectivity index (χ2v) is 6.41. The molecule has 0 aliphatic carbocycles. The average Bonchev–Trinajstić information content (AvgIpc) is 2.57. The number of halogens is 2. The van der Waals surface area contributed by atoms with E-state index in [2.05, 4.69) is 10.1 Å². The van der Waals surface area contributed by atoms with Gasteiger partial charge in [0, 0.05) is 19.0 Å². The molecule has 2 rings (SSSR count). The molecule has 0 radical (unpaired) electrons. The summed E-state index contributed by atoms with van der Waals surface area (Å²) in [4.78, 5) is 25.3. The van der Waals surface area contributed by atoms with Gasteiger partial charge < -0.3 is 15.8 Å². The summed E-state index contributed by atoms with van der Waals surface area (Å²) in [6.07, 6.45) is 3.80. The number of amides is 2. The number of alkyl halides is 2. The Hall–Kier alpha value is -2.22. The zero-order chi connectivity index (χ0) is 18.9. The van der Waals surface area contributed by atoms with Gasteiger partial charge in [-0.05, 0) is 43.5 Å². The van der Waals surface area contributed by atoms with Crippen molar-refractivity contribution in [2.45, 2.75) is 44.8 Å². The van der Waals surface area contributed by atoms with Crippen LogP contribution in [0.3, 0.4) is 0 Å². The number of carbonyl (C=O) groups is 2. The fourth-order valence-corrected chi connectivity index (χ4v) is 3.16. The van der Waals surface area contributed by atoms with Gasteiger partial charge in [-0.25, -0.2) is 0 Å². The van der Waals surface area contributed by atoms with Crippen molar-refractivity contribution in [1.29, 1.82) is 0 Å². The first kappa shape index (κ1) is 20.1. The predicted octanol–water partition coefficient (Wildman–Crippen LogP) is 1.68. The number of hydrogen-bond donors (Lipinski definition) is 2. The monoisotopic (exact) mass is 369 g/mol. The van der Waals surface area contributed by atoms with Crippen molar-refractivity contribution in [3.63, 3.8) is 0 Å². The predicted molar refractivity (Wildman–Crippen MR) is 92.8 cm³/mol. The van der Waals surface area contributed by atoms with Crippen LogP contribution in [0.1, 0.15) is 31.2 Å². The lowest BCUT2D eigenvalue weighted by atomic mass is 9.99. The van der Waals surface area contributed by atoms with E-state index in [9.17, 15) is 18.4 Å². The fraction of sp³-hybridized carbons (Fsp3) is 0.556. The van der Waals surface area contributed by atoms with E-state index in [0.717, 1.165) is 31.4 Å². The molecule has 144 valence electrons. The van der Waals surface area contributed by atoms with Crippen LogP contribution in [0.4, 0.5) is 8.78 Å². The summed E-state index contributed by atoms with van der Waals surface area (Å²) in [5.41, 5.74) is 6.19. The smallest absolute Gasteiger partial charge is 0.387 e. The first-order valence-electron chi connectivity index (χ1n) is 8.77. The summed E-state index contributed by atoms with van der Waals surface area (Å²) in [6.45, 7) is -1.36. The molecule has 0 aromatic heterocycles. The lowest BCUT2D eigenvalue weighted by Crippen LogP contribution is -2.47. The number of likely N-dealkylation sites (tertiary alicyclic amines) is 1. The van der Waals surface area contributed by atoms with Gasteiger partial charge in [0.15, 0.2) is 0 Å². The van der Waals surface area contributed by atoms with Crippen LogP contribution >= 0.6 is 0 Å². The maximum absolute atomic E-state index is 12.1. The van der Waals surface area contributed by atoms with Crippen molar-refractivity contribution in [3.8, 4) is 5.75 Å². The molecule has 0 saturated carbocycles. The first-order valence-corrected chi connectivity index (χ1v) is 8.77. The lowest BCUT2D eigenvalue weighted by molar-refractivity contribution is -0.125. The summed E-state index contributed by atoms with van der Waals surface area (Å²) >= 11 is 0. The molecule has 26 heavy (non-hydrogen) atoms. The molecule has 6 nitrogen and oxygen atoms in total. The van der Waals surface area contributed by atoms with Gasteiger partial charge in [0.25, 0.3) is 0 Å². The van der Waals surface area contributed by atoms with Crippen LogP contribution in [0.15, 0.2) is 24.3 Å². The number of nitrogens with zero attached hydrogens (tertiary/aromatic N) is 1. The van der Waals surface area contributed by atoms with E-state index in [-0.39, 0.29) is 36.6 Å². The zero-order valence-electron chi connectivity index (χ0n) is 14.6. The van der Waals surface area contributed by atoms with Crippen LogP contribution in [0.5, 0.6) is 5.75 Å². The maximum Gasteiger partial charge on any atom is 0.387 e. The normalized spacial score (nSPS) is 17.9. The Bertz CT molecular complexity index is 596. The van der Waals surface area contributed by atoms with Gasteiger partial charge >= 0.3 is 6.61 Å². The zero-order valence-corrected chi connectivity index (χ0v) is 14.6. The molecule has 0 bridgehead atoms. The standard InChI is InChI=1S/C18H25F2N3O3/c19-18(20)26-15-6-4-13(5-7-15)8-9-22-17(25)12-23-10-2-1-3-14(23)11-16(21)24/h4-7,14,18H,1-3,8-12H2,(H2,21,24)(H,22,25). The Balaban J connectivity index is 1.73. The van der Waals surface area contributed by atoms with Crippen molar-refractivity contribution in [2.75, 3.05) is 19.6 Å². The molecule has 1 unspecified atom stereocenters. The Morgan fingerprint density at radius 2 is 2.00 bits per heavy atom. The Morgan fingerprint density at radius 3 is 2.65 bits per heavy atom. The van der Waals surface area contributed by atoms with Crippen LogP contribution in [0.25, 0.3) is 0 Å². The number of nitrogens with one attached hydrogen (secondary N) is 1. The molecular formula is C18H25F2N3O3. The molecule has 0 spiro atoms. The fourth-order valence-electron chi connectivity index (χ4n) is 3.16. The summed E-state index contributed by atoms with van der Waals surface area (Å²) in [5.74, 6) is -0.334. The van der Waals surface area contributed by atoms with E-state index in [1.54, 1.807) is 12.1 Å². The van der Waals surface area contributed by atoms with Gasteiger partial charge in [0.05, 0.1) is 6.54 Å². The van der Waals surface area contributed by atoms with Gasteiger partial charge in [-0.3, -0.25) is 14.5 Å². The summed E-state index contributed by atoms with van der Waals surface area (Å²) in [5, 5.41) is 2.85. The van der Waals surface area contributed by atoms with Crippen molar-refractivity contribution >= 4 is 11.8 Å². The van der Waals surface area contributed by atoms with Crippen LogP contribution in [-0.4, -0.2) is 49.0 Å². The number of nitrogens with two attached hydrogens (primary N) is 1. The van der Waals surface area contributed by atoms with Crippen molar-refractivity contribution < 1.29 is 23.1 Å². The summed E-state index contributed by atoms with van der Waals surface area (Å²) < 4.78 is 28.5. The molecular weight excluding hydrogens is 344 g/mol. The number of rotatable bonds is 9. The molecule has 2 amide bonds. The van der Waals surface area contributed by atoms with E-state index >= 15 is 0 Å². The molecule has 1 aliphatic rings. The Kier molecular flexibility index (Phi) is 7.77. The minimum absolute atomic E-state index is 0.0365. The molecule has 1 fully saturated rings. The van der Waals surface area contributed by atoms with Gasteiger partial charge in [-0.2, -0.15) is 8.78 Å². The topological polar surface area (TPSA) is 84.7 Å². The van der Waals surface area contributed by atoms with E-state index in [1.165, 1.54) is 12.1 Å². The number of primary amides is 1. The third-order valence-corrected chi connectivity index (χ3v) is 4.42.